The van der Waals surface area contributed by atoms with Crippen LogP contribution in [0.4, 0.5) is 5.82 Å². The number of nitrogens with zero attached hydrogens (tertiary/aromatic N) is 3. The highest BCUT2D eigenvalue weighted by Crippen LogP contribution is 2.09. The van der Waals surface area contributed by atoms with E-state index in [0.717, 1.165) is 25.3 Å². The molecule has 0 spiro atoms. The summed E-state index contributed by atoms with van der Waals surface area (Å²) < 4.78 is 0. The molecule has 84 valence electrons. The molecular weight excluding hydrogens is 202 g/mol. The molecule has 1 fully saturated rings. The molecule has 5 heteroatoms. The smallest absolute Gasteiger partial charge is 0.158 e. The van der Waals surface area contributed by atoms with Gasteiger partial charge in [0.25, 0.3) is 0 Å². The SMILES string of the molecule is N#Cc1cnc(NC2CCCCNC2)cn1. The molecule has 0 saturated carbocycles. The van der Waals surface area contributed by atoms with Crippen LogP contribution in [-0.4, -0.2) is 29.1 Å². The molecule has 1 saturated heterocycles. The van der Waals surface area contributed by atoms with Gasteiger partial charge < -0.3 is 10.6 Å². The average Bonchev–Trinajstić information content (AvgIpc) is 2.59. The number of hydrogen-bond acceptors (Lipinski definition) is 5. The Morgan fingerprint density at radius 3 is 3.06 bits per heavy atom. The van der Waals surface area contributed by atoms with Crippen molar-refractivity contribution >= 4 is 5.82 Å². The van der Waals surface area contributed by atoms with Crippen molar-refractivity contribution in [2.75, 3.05) is 18.4 Å². The summed E-state index contributed by atoms with van der Waals surface area (Å²) in [6, 6.07) is 2.36. The van der Waals surface area contributed by atoms with Crippen LogP contribution < -0.4 is 10.6 Å². The summed E-state index contributed by atoms with van der Waals surface area (Å²) in [5.41, 5.74) is 0.351. The lowest BCUT2D eigenvalue weighted by molar-refractivity contribution is 0.633. The molecule has 0 amide bonds. The van der Waals surface area contributed by atoms with E-state index in [1.165, 1.54) is 19.0 Å². The lowest BCUT2D eigenvalue weighted by Crippen LogP contribution is -2.31. The summed E-state index contributed by atoms with van der Waals surface area (Å²) in [4.78, 5) is 8.13. The number of rotatable bonds is 2. The molecule has 0 aromatic carbocycles. The van der Waals surface area contributed by atoms with Gasteiger partial charge in [0.2, 0.25) is 0 Å². The first-order chi connectivity index (χ1) is 7.88. The van der Waals surface area contributed by atoms with Gasteiger partial charge in [0.05, 0.1) is 12.4 Å². The number of nitriles is 1. The van der Waals surface area contributed by atoms with Crippen molar-refractivity contribution in [1.29, 1.82) is 5.26 Å². The fourth-order valence-electron chi connectivity index (χ4n) is 1.81. The Balaban J connectivity index is 1.94. The number of aromatic nitrogens is 2. The molecule has 0 aliphatic carbocycles. The quantitative estimate of drug-likeness (QED) is 0.770. The van der Waals surface area contributed by atoms with Crippen LogP contribution in [0.1, 0.15) is 25.0 Å². The molecule has 1 aliphatic rings. The maximum atomic E-state index is 8.60. The van der Waals surface area contributed by atoms with Crippen LogP contribution in [-0.2, 0) is 0 Å². The van der Waals surface area contributed by atoms with Crippen molar-refractivity contribution in [2.24, 2.45) is 0 Å². The average molecular weight is 217 g/mol. The van der Waals surface area contributed by atoms with Crippen molar-refractivity contribution in [3.8, 4) is 6.07 Å². The highest BCUT2D eigenvalue weighted by Gasteiger charge is 2.11. The zero-order valence-electron chi connectivity index (χ0n) is 9.11. The Bertz CT molecular complexity index is 359. The van der Waals surface area contributed by atoms with Gasteiger partial charge in [-0.25, -0.2) is 9.97 Å². The summed E-state index contributed by atoms with van der Waals surface area (Å²) in [6.07, 6.45) is 6.72. The zero-order chi connectivity index (χ0) is 11.2. The van der Waals surface area contributed by atoms with Crippen LogP contribution in [0, 0.1) is 11.3 Å². The third kappa shape index (κ3) is 2.91. The maximum Gasteiger partial charge on any atom is 0.158 e. The van der Waals surface area contributed by atoms with Gasteiger partial charge in [0.1, 0.15) is 11.9 Å². The molecule has 1 aromatic heterocycles. The predicted molar refractivity (Wildman–Crippen MR) is 60.9 cm³/mol. The number of anilines is 1. The topological polar surface area (TPSA) is 73.6 Å². The minimum atomic E-state index is 0.351. The summed E-state index contributed by atoms with van der Waals surface area (Å²) in [6.45, 7) is 2.05. The Labute approximate surface area is 94.9 Å². The van der Waals surface area contributed by atoms with Crippen molar-refractivity contribution < 1.29 is 0 Å². The van der Waals surface area contributed by atoms with Crippen LogP contribution in [0.3, 0.4) is 0 Å². The van der Waals surface area contributed by atoms with Gasteiger partial charge in [-0.1, -0.05) is 6.42 Å². The largest absolute Gasteiger partial charge is 0.365 e. The molecule has 2 rings (SSSR count). The first-order valence-electron chi connectivity index (χ1n) is 5.58. The Kier molecular flexibility index (Phi) is 3.67. The van der Waals surface area contributed by atoms with E-state index < -0.39 is 0 Å². The number of hydrogen-bond donors (Lipinski definition) is 2. The minimum absolute atomic E-state index is 0.351. The van der Waals surface area contributed by atoms with Crippen LogP contribution in [0.2, 0.25) is 0 Å². The molecule has 0 bridgehead atoms. The third-order valence-electron chi connectivity index (χ3n) is 2.67. The van der Waals surface area contributed by atoms with Gasteiger partial charge in [-0.2, -0.15) is 5.26 Å². The van der Waals surface area contributed by atoms with Gasteiger partial charge >= 0.3 is 0 Å². The van der Waals surface area contributed by atoms with Crippen molar-refractivity contribution in [3.63, 3.8) is 0 Å². The monoisotopic (exact) mass is 217 g/mol. The zero-order valence-corrected chi connectivity index (χ0v) is 9.11. The van der Waals surface area contributed by atoms with E-state index in [1.54, 1.807) is 6.20 Å². The molecule has 1 aromatic rings. The van der Waals surface area contributed by atoms with Gasteiger partial charge in [-0.15, -0.1) is 0 Å². The van der Waals surface area contributed by atoms with Gasteiger partial charge in [-0.3, -0.25) is 0 Å². The Hall–Kier alpha value is -1.67. The standard InChI is InChI=1S/C11H15N5/c12-5-10-7-15-11(8-14-10)16-9-3-1-2-4-13-6-9/h7-9,13H,1-4,6H2,(H,15,16). The molecule has 0 radical (unpaired) electrons. The molecule has 1 aliphatic heterocycles. The summed E-state index contributed by atoms with van der Waals surface area (Å²) in [5, 5.41) is 15.3. The minimum Gasteiger partial charge on any atom is -0.365 e. The van der Waals surface area contributed by atoms with E-state index in [4.69, 9.17) is 5.26 Å². The highest BCUT2D eigenvalue weighted by atomic mass is 15.1. The van der Waals surface area contributed by atoms with E-state index in [1.807, 2.05) is 6.07 Å². The van der Waals surface area contributed by atoms with E-state index in [2.05, 4.69) is 20.6 Å². The molecule has 5 nitrogen and oxygen atoms in total. The van der Waals surface area contributed by atoms with Crippen LogP contribution >= 0.6 is 0 Å². The third-order valence-corrected chi connectivity index (χ3v) is 2.67. The van der Waals surface area contributed by atoms with Crippen molar-refractivity contribution in [3.05, 3.63) is 18.1 Å². The second-order valence-corrected chi connectivity index (χ2v) is 3.94. The van der Waals surface area contributed by atoms with Crippen LogP contribution in [0.5, 0.6) is 0 Å². The number of nitrogens with one attached hydrogen (secondary N) is 2. The fraction of sp³-hybridized carbons (Fsp3) is 0.545. The van der Waals surface area contributed by atoms with Crippen molar-refractivity contribution in [2.45, 2.75) is 25.3 Å². The van der Waals surface area contributed by atoms with Gasteiger partial charge in [0.15, 0.2) is 5.69 Å². The summed E-state index contributed by atoms with van der Waals surface area (Å²) in [7, 11) is 0. The molecule has 16 heavy (non-hydrogen) atoms. The lowest BCUT2D eigenvalue weighted by atomic mass is 10.1. The van der Waals surface area contributed by atoms with E-state index >= 15 is 0 Å². The van der Waals surface area contributed by atoms with Gasteiger partial charge in [-0.05, 0) is 19.4 Å². The highest BCUT2D eigenvalue weighted by molar-refractivity contribution is 5.34. The molecule has 2 heterocycles. The van der Waals surface area contributed by atoms with E-state index in [9.17, 15) is 0 Å². The molecule has 1 unspecified atom stereocenters. The lowest BCUT2D eigenvalue weighted by Gasteiger charge is -2.16. The Morgan fingerprint density at radius 1 is 1.38 bits per heavy atom. The van der Waals surface area contributed by atoms with Crippen LogP contribution in [0.15, 0.2) is 12.4 Å². The normalized spacial score (nSPS) is 20.8. The summed E-state index contributed by atoms with van der Waals surface area (Å²) >= 11 is 0. The van der Waals surface area contributed by atoms with E-state index in [0.29, 0.717) is 11.7 Å². The second-order valence-electron chi connectivity index (χ2n) is 3.94. The maximum absolute atomic E-state index is 8.60. The van der Waals surface area contributed by atoms with Crippen molar-refractivity contribution in [1.82, 2.24) is 15.3 Å². The first kappa shape index (κ1) is 10.8. The molecule has 1 atom stereocenters. The molecule has 2 N–H and O–H groups in total. The van der Waals surface area contributed by atoms with Gasteiger partial charge in [0, 0.05) is 12.6 Å². The Morgan fingerprint density at radius 2 is 2.31 bits per heavy atom. The first-order valence-corrected chi connectivity index (χ1v) is 5.58. The van der Waals surface area contributed by atoms with E-state index in [-0.39, 0.29) is 0 Å². The summed E-state index contributed by atoms with van der Waals surface area (Å²) in [5.74, 6) is 0.743. The molecular formula is C11H15N5. The predicted octanol–water partition coefficient (Wildman–Crippen LogP) is 0.902. The van der Waals surface area contributed by atoms with Crippen LogP contribution in [0.25, 0.3) is 0 Å². The second kappa shape index (κ2) is 5.42. The fourth-order valence-corrected chi connectivity index (χ4v) is 1.81.